The number of aromatic nitrogens is 2. The standard InChI is InChI=1S/C18H20N4O4S/c1-3-26-17(25)12-9-13(11(2)20-10-12)16(24)22-7-4-5-14(22)15(23)21-18-19-6-8-27-18/h6,8-10,14H,3-5,7H2,1-2H3,(H,19,21,23). The second kappa shape index (κ2) is 8.26. The van der Waals surface area contributed by atoms with Gasteiger partial charge in [0.05, 0.1) is 23.4 Å². The van der Waals surface area contributed by atoms with E-state index in [0.29, 0.717) is 29.4 Å². The molecule has 0 bridgehead atoms. The minimum absolute atomic E-state index is 0.216. The second-order valence-corrected chi connectivity index (χ2v) is 6.96. The van der Waals surface area contributed by atoms with Crippen LogP contribution in [0.15, 0.2) is 23.8 Å². The zero-order chi connectivity index (χ0) is 19.4. The van der Waals surface area contributed by atoms with Crippen molar-refractivity contribution in [3.05, 3.63) is 40.7 Å². The van der Waals surface area contributed by atoms with E-state index in [4.69, 9.17) is 4.74 Å². The van der Waals surface area contributed by atoms with Crippen LogP contribution in [0.3, 0.4) is 0 Å². The number of ether oxygens (including phenoxy) is 1. The first-order valence-corrected chi connectivity index (χ1v) is 9.54. The molecule has 142 valence electrons. The number of hydrogen-bond donors (Lipinski definition) is 1. The van der Waals surface area contributed by atoms with Gasteiger partial charge in [-0.1, -0.05) is 0 Å². The fraction of sp³-hybridized carbons (Fsp3) is 0.389. The third-order valence-corrected chi connectivity index (χ3v) is 5.00. The predicted octanol–water partition coefficient (Wildman–Crippen LogP) is 2.27. The second-order valence-electron chi connectivity index (χ2n) is 6.06. The maximum atomic E-state index is 13.1. The van der Waals surface area contributed by atoms with Gasteiger partial charge in [-0.25, -0.2) is 9.78 Å². The van der Waals surface area contributed by atoms with Crippen molar-refractivity contribution in [1.82, 2.24) is 14.9 Å². The number of carbonyl (C=O) groups excluding carboxylic acids is 3. The van der Waals surface area contributed by atoms with Crippen molar-refractivity contribution in [3.8, 4) is 0 Å². The number of amides is 2. The van der Waals surface area contributed by atoms with E-state index in [1.54, 1.807) is 25.4 Å². The molecule has 0 saturated carbocycles. The summed E-state index contributed by atoms with van der Waals surface area (Å²) in [6.07, 6.45) is 4.30. The highest BCUT2D eigenvalue weighted by atomic mass is 32.1. The van der Waals surface area contributed by atoms with Crippen LogP contribution in [-0.4, -0.2) is 51.8 Å². The first-order valence-electron chi connectivity index (χ1n) is 8.66. The molecule has 2 aromatic rings. The van der Waals surface area contributed by atoms with Crippen LogP contribution in [-0.2, 0) is 9.53 Å². The molecule has 1 aliphatic rings. The number of likely N-dealkylation sites (tertiary alicyclic amines) is 1. The van der Waals surface area contributed by atoms with Gasteiger partial charge in [0.15, 0.2) is 5.13 Å². The van der Waals surface area contributed by atoms with Gasteiger partial charge in [0, 0.05) is 24.3 Å². The summed E-state index contributed by atoms with van der Waals surface area (Å²) in [6.45, 7) is 4.11. The Balaban J connectivity index is 1.80. The Bertz CT molecular complexity index is 853. The third-order valence-electron chi connectivity index (χ3n) is 4.31. The Kier molecular flexibility index (Phi) is 5.80. The van der Waals surface area contributed by atoms with E-state index >= 15 is 0 Å². The fourth-order valence-electron chi connectivity index (χ4n) is 2.99. The summed E-state index contributed by atoms with van der Waals surface area (Å²) in [6, 6.07) is 0.906. The zero-order valence-electron chi connectivity index (χ0n) is 15.1. The number of aryl methyl sites for hydroxylation is 1. The number of thiazole rings is 1. The topological polar surface area (TPSA) is 101 Å². The zero-order valence-corrected chi connectivity index (χ0v) is 15.9. The number of hydrogen-bond acceptors (Lipinski definition) is 7. The van der Waals surface area contributed by atoms with Crippen molar-refractivity contribution in [2.24, 2.45) is 0 Å². The minimum Gasteiger partial charge on any atom is -0.462 e. The predicted molar refractivity (Wildman–Crippen MR) is 99.7 cm³/mol. The molecule has 3 rings (SSSR count). The first kappa shape index (κ1) is 19.0. The van der Waals surface area contributed by atoms with Crippen LogP contribution < -0.4 is 5.32 Å². The van der Waals surface area contributed by atoms with Gasteiger partial charge < -0.3 is 15.0 Å². The van der Waals surface area contributed by atoms with Gasteiger partial charge in [-0.2, -0.15) is 0 Å². The lowest BCUT2D eigenvalue weighted by Gasteiger charge is -2.24. The van der Waals surface area contributed by atoms with Crippen molar-refractivity contribution in [1.29, 1.82) is 0 Å². The van der Waals surface area contributed by atoms with Crippen LogP contribution in [0.2, 0.25) is 0 Å². The summed E-state index contributed by atoms with van der Waals surface area (Å²) >= 11 is 1.32. The van der Waals surface area contributed by atoms with Gasteiger partial charge >= 0.3 is 5.97 Å². The van der Waals surface area contributed by atoms with Gasteiger partial charge in [-0.3, -0.25) is 14.6 Å². The Morgan fingerprint density at radius 3 is 2.89 bits per heavy atom. The van der Waals surface area contributed by atoms with Crippen LogP contribution in [0.1, 0.15) is 46.2 Å². The molecule has 1 unspecified atom stereocenters. The average Bonchev–Trinajstić information content (AvgIpc) is 3.33. The van der Waals surface area contributed by atoms with Gasteiger partial charge in [-0.15, -0.1) is 11.3 Å². The van der Waals surface area contributed by atoms with Crippen molar-refractivity contribution in [2.45, 2.75) is 32.7 Å². The molecule has 1 N–H and O–H groups in total. The van der Waals surface area contributed by atoms with Crippen molar-refractivity contribution in [2.75, 3.05) is 18.5 Å². The highest BCUT2D eigenvalue weighted by Gasteiger charge is 2.35. The highest BCUT2D eigenvalue weighted by molar-refractivity contribution is 7.13. The van der Waals surface area contributed by atoms with Crippen LogP contribution in [0.5, 0.6) is 0 Å². The quantitative estimate of drug-likeness (QED) is 0.789. The molecular formula is C18H20N4O4S. The number of carbonyl (C=O) groups is 3. The maximum Gasteiger partial charge on any atom is 0.339 e. The van der Waals surface area contributed by atoms with E-state index < -0.39 is 12.0 Å². The molecule has 2 aromatic heterocycles. The van der Waals surface area contributed by atoms with E-state index in [0.717, 1.165) is 6.42 Å². The molecule has 0 aromatic carbocycles. The molecule has 27 heavy (non-hydrogen) atoms. The molecule has 1 fully saturated rings. The Labute approximate surface area is 160 Å². The number of anilines is 1. The maximum absolute atomic E-state index is 13.1. The molecule has 1 aliphatic heterocycles. The van der Waals surface area contributed by atoms with E-state index in [2.05, 4.69) is 15.3 Å². The normalized spacial score (nSPS) is 16.2. The van der Waals surface area contributed by atoms with Crippen LogP contribution in [0.25, 0.3) is 0 Å². The molecule has 1 atom stereocenters. The molecule has 1 saturated heterocycles. The molecule has 0 radical (unpaired) electrons. The van der Waals surface area contributed by atoms with Gasteiger partial charge in [0.1, 0.15) is 6.04 Å². The van der Waals surface area contributed by atoms with Crippen molar-refractivity contribution in [3.63, 3.8) is 0 Å². The third kappa shape index (κ3) is 4.13. The van der Waals surface area contributed by atoms with E-state index in [-0.39, 0.29) is 24.0 Å². The Morgan fingerprint density at radius 1 is 1.37 bits per heavy atom. The SMILES string of the molecule is CCOC(=O)c1cnc(C)c(C(=O)N2CCCC2C(=O)Nc2nccs2)c1. The van der Waals surface area contributed by atoms with E-state index in [1.807, 2.05) is 0 Å². The summed E-state index contributed by atoms with van der Waals surface area (Å²) < 4.78 is 4.97. The number of rotatable bonds is 5. The molecule has 9 heteroatoms. The largest absolute Gasteiger partial charge is 0.462 e. The van der Waals surface area contributed by atoms with E-state index in [9.17, 15) is 14.4 Å². The molecule has 3 heterocycles. The molecule has 2 amide bonds. The molecule has 0 aliphatic carbocycles. The monoisotopic (exact) mass is 388 g/mol. The Morgan fingerprint density at radius 2 is 2.19 bits per heavy atom. The summed E-state index contributed by atoms with van der Waals surface area (Å²) in [5, 5.41) is 5.01. The minimum atomic E-state index is -0.577. The van der Waals surface area contributed by atoms with Gasteiger partial charge in [0.2, 0.25) is 5.91 Å². The number of esters is 1. The van der Waals surface area contributed by atoms with Crippen LogP contribution in [0.4, 0.5) is 5.13 Å². The number of nitrogens with one attached hydrogen (secondary N) is 1. The molecular weight excluding hydrogens is 368 g/mol. The summed E-state index contributed by atoms with van der Waals surface area (Å²) in [4.78, 5) is 47.3. The van der Waals surface area contributed by atoms with Gasteiger partial charge in [0.25, 0.3) is 5.91 Å². The lowest BCUT2D eigenvalue weighted by Crippen LogP contribution is -2.43. The average molecular weight is 388 g/mol. The first-order chi connectivity index (χ1) is 13.0. The molecule has 8 nitrogen and oxygen atoms in total. The highest BCUT2D eigenvalue weighted by Crippen LogP contribution is 2.23. The summed E-state index contributed by atoms with van der Waals surface area (Å²) in [5.74, 6) is -1.11. The van der Waals surface area contributed by atoms with E-state index in [1.165, 1.54) is 28.5 Å². The van der Waals surface area contributed by atoms with Crippen molar-refractivity contribution >= 4 is 34.3 Å². The smallest absolute Gasteiger partial charge is 0.339 e. The van der Waals surface area contributed by atoms with Crippen molar-refractivity contribution < 1.29 is 19.1 Å². The van der Waals surface area contributed by atoms with Crippen LogP contribution >= 0.6 is 11.3 Å². The fourth-order valence-corrected chi connectivity index (χ4v) is 3.52. The molecule has 0 spiro atoms. The summed E-state index contributed by atoms with van der Waals surface area (Å²) in [7, 11) is 0. The lowest BCUT2D eigenvalue weighted by atomic mass is 10.1. The Hall–Kier alpha value is -2.81. The number of pyridine rings is 1. The number of nitrogens with zero attached hydrogens (tertiary/aromatic N) is 3. The lowest BCUT2D eigenvalue weighted by molar-refractivity contribution is -0.119. The summed E-state index contributed by atoms with van der Waals surface area (Å²) in [5.41, 5.74) is 1.02. The van der Waals surface area contributed by atoms with Gasteiger partial charge in [-0.05, 0) is 32.8 Å². The van der Waals surface area contributed by atoms with Crippen LogP contribution in [0, 0.1) is 6.92 Å².